The van der Waals surface area contributed by atoms with E-state index in [-0.39, 0.29) is 41.6 Å². The monoisotopic (exact) mass is 422 g/mol. The second kappa shape index (κ2) is 8.84. The zero-order chi connectivity index (χ0) is 21.8. The van der Waals surface area contributed by atoms with Crippen molar-refractivity contribution in [3.05, 3.63) is 65.3 Å². The molecule has 1 aromatic carbocycles. The molecule has 31 heavy (non-hydrogen) atoms. The van der Waals surface area contributed by atoms with E-state index < -0.39 is 11.9 Å². The first-order valence-electron chi connectivity index (χ1n) is 9.48. The fraction of sp³-hybridized carbons (Fsp3) is 0.238. The van der Waals surface area contributed by atoms with E-state index in [1.165, 1.54) is 18.2 Å². The van der Waals surface area contributed by atoms with Crippen LogP contribution in [-0.4, -0.2) is 58.1 Å². The number of methoxy groups -OCH3 is 1. The predicted octanol–water partition coefficient (Wildman–Crippen LogP) is 2.12. The minimum Gasteiger partial charge on any atom is -0.452 e. The molecular formula is C21H18N4O6. The molecule has 4 rings (SSSR count). The second-order valence-electron chi connectivity index (χ2n) is 6.70. The van der Waals surface area contributed by atoms with E-state index in [2.05, 4.69) is 15.1 Å². The van der Waals surface area contributed by atoms with Gasteiger partial charge in [0.25, 0.3) is 17.7 Å². The summed E-state index contributed by atoms with van der Waals surface area (Å²) in [5.74, 6) is -1.06. The maximum Gasteiger partial charge on any atom is 0.338 e. The van der Waals surface area contributed by atoms with Gasteiger partial charge >= 0.3 is 5.97 Å². The van der Waals surface area contributed by atoms with Crippen molar-refractivity contribution in [3.63, 3.8) is 0 Å². The smallest absolute Gasteiger partial charge is 0.338 e. The minimum absolute atomic E-state index is 0.115. The standard InChI is InChI=1S/C21H18N4O6/c1-29-9-3-8-25-19(26)15-6-5-13(10-16(15)20(25)27)21(28)30-12-17-23-18(24-31-17)14-4-2-7-22-11-14/h2,4-7,10-11H,3,8-9,12H2,1H3. The SMILES string of the molecule is COCCCN1C(=O)c2ccc(C(=O)OCc3nc(-c4cccnc4)no3)cc2C1=O. The summed E-state index contributed by atoms with van der Waals surface area (Å²) in [6, 6.07) is 7.78. The van der Waals surface area contributed by atoms with Gasteiger partial charge in [-0.1, -0.05) is 5.16 Å². The van der Waals surface area contributed by atoms with Gasteiger partial charge in [-0.15, -0.1) is 0 Å². The van der Waals surface area contributed by atoms with Crippen LogP contribution in [-0.2, 0) is 16.1 Å². The minimum atomic E-state index is -0.679. The molecule has 2 amide bonds. The van der Waals surface area contributed by atoms with Crippen LogP contribution in [0.5, 0.6) is 0 Å². The molecule has 158 valence electrons. The average Bonchev–Trinajstić information content (AvgIpc) is 3.37. The first-order valence-corrected chi connectivity index (χ1v) is 9.48. The first-order chi connectivity index (χ1) is 15.1. The lowest BCUT2D eigenvalue weighted by molar-refractivity contribution is 0.0429. The number of hydrogen-bond acceptors (Lipinski definition) is 9. The van der Waals surface area contributed by atoms with Crippen LogP contribution < -0.4 is 0 Å². The molecule has 1 aliphatic heterocycles. The largest absolute Gasteiger partial charge is 0.452 e. The quantitative estimate of drug-likeness (QED) is 0.305. The van der Waals surface area contributed by atoms with Gasteiger partial charge < -0.3 is 14.0 Å². The summed E-state index contributed by atoms with van der Waals surface area (Å²) in [5.41, 5.74) is 1.25. The Balaban J connectivity index is 1.41. The Morgan fingerprint density at radius 3 is 2.77 bits per heavy atom. The number of amides is 2. The van der Waals surface area contributed by atoms with E-state index in [0.29, 0.717) is 24.4 Å². The number of hydrogen-bond donors (Lipinski definition) is 0. The lowest BCUT2D eigenvalue weighted by Crippen LogP contribution is -2.31. The second-order valence-corrected chi connectivity index (χ2v) is 6.70. The van der Waals surface area contributed by atoms with Crippen LogP contribution in [0.1, 0.15) is 43.4 Å². The third-order valence-electron chi connectivity index (χ3n) is 4.65. The number of benzene rings is 1. The molecule has 0 atom stereocenters. The van der Waals surface area contributed by atoms with Crippen molar-refractivity contribution < 1.29 is 28.4 Å². The highest BCUT2D eigenvalue weighted by Crippen LogP contribution is 2.25. The molecule has 2 aromatic heterocycles. The van der Waals surface area contributed by atoms with E-state index in [0.717, 1.165) is 4.90 Å². The van der Waals surface area contributed by atoms with Gasteiger partial charge in [-0.25, -0.2) is 4.79 Å². The molecule has 3 aromatic rings. The number of aromatic nitrogens is 3. The molecule has 0 spiro atoms. The van der Waals surface area contributed by atoms with Crippen molar-refractivity contribution in [2.75, 3.05) is 20.3 Å². The molecule has 3 heterocycles. The molecule has 0 aliphatic carbocycles. The molecular weight excluding hydrogens is 404 g/mol. The molecule has 0 N–H and O–H groups in total. The summed E-state index contributed by atoms with van der Waals surface area (Å²) in [6.45, 7) is 0.443. The predicted molar refractivity (Wildman–Crippen MR) is 105 cm³/mol. The molecule has 0 radical (unpaired) electrons. The van der Waals surface area contributed by atoms with Crippen LogP contribution in [0.3, 0.4) is 0 Å². The van der Waals surface area contributed by atoms with E-state index in [1.54, 1.807) is 31.6 Å². The molecule has 1 aliphatic rings. The lowest BCUT2D eigenvalue weighted by Gasteiger charge is -2.12. The third kappa shape index (κ3) is 4.19. The zero-order valence-electron chi connectivity index (χ0n) is 16.6. The number of carbonyl (C=O) groups is 3. The Hall–Kier alpha value is -3.92. The highest BCUT2D eigenvalue weighted by atomic mass is 16.6. The molecule has 10 heteroatoms. The summed E-state index contributed by atoms with van der Waals surface area (Å²) < 4.78 is 15.3. The first kappa shape index (κ1) is 20.4. The fourth-order valence-electron chi connectivity index (χ4n) is 3.12. The third-order valence-corrected chi connectivity index (χ3v) is 4.65. The van der Waals surface area contributed by atoms with Crippen molar-refractivity contribution in [1.82, 2.24) is 20.0 Å². The average molecular weight is 422 g/mol. The van der Waals surface area contributed by atoms with Gasteiger partial charge in [0.2, 0.25) is 5.82 Å². The Morgan fingerprint density at radius 1 is 1.16 bits per heavy atom. The molecule has 10 nitrogen and oxygen atoms in total. The summed E-state index contributed by atoms with van der Waals surface area (Å²) >= 11 is 0. The van der Waals surface area contributed by atoms with Crippen LogP contribution in [0.4, 0.5) is 0 Å². The van der Waals surface area contributed by atoms with E-state index >= 15 is 0 Å². The van der Waals surface area contributed by atoms with E-state index in [9.17, 15) is 14.4 Å². The summed E-state index contributed by atoms with van der Waals surface area (Å²) in [6.07, 6.45) is 3.74. The van der Waals surface area contributed by atoms with Gasteiger partial charge in [0.05, 0.1) is 16.7 Å². The highest BCUT2D eigenvalue weighted by Gasteiger charge is 2.35. The number of fused-ring (bicyclic) bond motifs is 1. The van der Waals surface area contributed by atoms with Gasteiger partial charge in [-0.3, -0.25) is 19.5 Å². The van der Waals surface area contributed by atoms with Crippen LogP contribution in [0.2, 0.25) is 0 Å². The Morgan fingerprint density at radius 2 is 2.00 bits per heavy atom. The topological polar surface area (TPSA) is 125 Å². The maximum absolute atomic E-state index is 12.6. The Labute approximate surface area is 176 Å². The van der Waals surface area contributed by atoms with E-state index in [1.807, 2.05) is 0 Å². The summed E-state index contributed by atoms with van der Waals surface area (Å²) in [5, 5.41) is 3.83. The lowest BCUT2D eigenvalue weighted by atomic mass is 10.1. The maximum atomic E-state index is 12.6. The number of ether oxygens (including phenoxy) is 2. The van der Waals surface area contributed by atoms with Crippen molar-refractivity contribution in [1.29, 1.82) is 0 Å². The fourth-order valence-corrected chi connectivity index (χ4v) is 3.12. The Kier molecular flexibility index (Phi) is 5.80. The van der Waals surface area contributed by atoms with Crippen LogP contribution in [0, 0.1) is 0 Å². The number of nitrogens with zero attached hydrogens (tertiary/aromatic N) is 4. The van der Waals surface area contributed by atoms with Crippen LogP contribution in [0.15, 0.2) is 47.2 Å². The number of esters is 1. The van der Waals surface area contributed by atoms with Crippen molar-refractivity contribution in [3.8, 4) is 11.4 Å². The van der Waals surface area contributed by atoms with Crippen molar-refractivity contribution >= 4 is 17.8 Å². The Bertz CT molecular complexity index is 1130. The van der Waals surface area contributed by atoms with E-state index in [4.69, 9.17) is 14.0 Å². The molecule has 0 saturated heterocycles. The highest BCUT2D eigenvalue weighted by molar-refractivity contribution is 6.21. The molecule has 0 saturated carbocycles. The van der Waals surface area contributed by atoms with Gasteiger partial charge in [0.15, 0.2) is 6.61 Å². The van der Waals surface area contributed by atoms with Gasteiger partial charge in [-0.05, 0) is 36.8 Å². The van der Waals surface area contributed by atoms with Crippen LogP contribution in [0.25, 0.3) is 11.4 Å². The zero-order valence-corrected chi connectivity index (χ0v) is 16.6. The summed E-state index contributed by atoms with van der Waals surface area (Å²) in [4.78, 5) is 46.7. The number of pyridine rings is 1. The van der Waals surface area contributed by atoms with Gasteiger partial charge in [0.1, 0.15) is 0 Å². The number of carbonyl (C=O) groups excluding carboxylic acids is 3. The van der Waals surface area contributed by atoms with Crippen LogP contribution >= 0.6 is 0 Å². The van der Waals surface area contributed by atoms with Gasteiger partial charge in [-0.2, -0.15) is 4.98 Å². The number of rotatable bonds is 8. The molecule has 0 fully saturated rings. The summed E-state index contributed by atoms with van der Waals surface area (Å²) in [7, 11) is 1.55. The van der Waals surface area contributed by atoms with Crippen molar-refractivity contribution in [2.45, 2.75) is 13.0 Å². The normalized spacial score (nSPS) is 12.9. The van der Waals surface area contributed by atoms with Gasteiger partial charge in [0, 0.05) is 38.2 Å². The molecule has 0 unspecified atom stereocenters. The van der Waals surface area contributed by atoms with Crippen molar-refractivity contribution in [2.24, 2.45) is 0 Å². The number of imide groups is 1. The molecule has 0 bridgehead atoms.